The molecule has 0 unspecified atom stereocenters. The van der Waals surface area contributed by atoms with Gasteiger partial charge in [0.15, 0.2) is 0 Å². The van der Waals surface area contributed by atoms with E-state index < -0.39 is 6.09 Å². The average Bonchev–Trinajstić information content (AvgIpc) is 1.97. The van der Waals surface area contributed by atoms with Crippen molar-refractivity contribution in [2.45, 2.75) is 0 Å². The van der Waals surface area contributed by atoms with Gasteiger partial charge in [-0.3, -0.25) is 0 Å². The first-order chi connectivity index (χ1) is 4.81. The van der Waals surface area contributed by atoms with Gasteiger partial charge in [0, 0.05) is 12.4 Å². The monoisotopic (exact) mass is 167 g/mol. The SMILES string of the molecule is O=C(NCCCl)OCCO. The van der Waals surface area contributed by atoms with Crippen molar-refractivity contribution in [1.29, 1.82) is 0 Å². The number of alkyl carbamates (subject to hydrolysis) is 1. The van der Waals surface area contributed by atoms with E-state index in [4.69, 9.17) is 16.7 Å². The van der Waals surface area contributed by atoms with Crippen LogP contribution in [0.2, 0.25) is 0 Å². The molecule has 0 fully saturated rings. The number of hydrogen-bond donors (Lipinski definition) is 2. The van der Waals surface area contributed by atoms with Crippen molar-refractivity contribution in [3.05, 3.63) is 0 Å². The molecule has 10 heavy (non-hydrogen) atoms. The number of carbonyl (C=O) groups excluding carboxylic acids is 1. The van der Waals surface area contributed by atoms with Crippen LogP contribution in [0.5, 0.6) is 0 Å². The summed E-state index contributed by atoms with van der Waals surface area (Å²) in [5.41, 5.74) is 0. The van der Waals surface area contributed by atoms with Crippen molar-refractivity contribution in [1.82, 2.24) is 5.32 Å². The molecule has 1 amide bonds. The lowest BCUT2D eigenvalue weighted by molar-refractivity contribution is 0.119. The lowest BCUT2D eigenvalue weighted by atomic mass is 10.7. The summed E-state index contributed by atoms with van der Waals surface area (Å²) in [7, 11) is 0. The van der Waals surface area contributed by atoms with Crippen LogP contribution in [-0.4, -0.2) is 36.8 Å². The second kappa shape index (κ2) is 6.64. The smallest absolute Gasteiger partial charge is 0.407 e. The molecule has 0 bridgehead atoms. The third kappa shape index (κ3) is 5.65. The van der Waals surface area contributed by atoms with Crippen LogP contribution in [0.3, 0.4) is 0 Å². The molecular formula is C5H10ClNO3. The number of alkyl halides is 1. The first-order valence-corrected chi connectivity index (χ1v) is 3.42. The number of nitrogens with one attached hydrogen (secondary N) is 1. The molecule has 0 aliphatic rings. The fourth-order valence-corrected chi connectivity index (χ4v) is 0.433. The second-order valence-electron chi connectivity index (χ2n) is 1.48. The van der Waals surface area contributed by atoms with E-state index in [2.05, 4.69) is 10.1 Å². The van der Waals surface area contributed by atoms with Crippen molar-refractivity contribution < 1.29 is 14.6 Å². The van der Waals surface area contributed by atoms with E-state index in [-0.39, 0.29) is 13.2 Å². The largest absolute Gasteiger partial charge is 0.447 e. The molecule has 0 heterocycles. The van der Waals surface area contributed by atoms with Gasteiger partial charge >= 0.3 is 6.09 Å². The van der Waals surface area contributed by atoms with Gasteiger partial charge in [-0.2, -0.15) is 0 Å². The van der Waals surface area contributed by atoms with Crippen LogP contribution in [0.1, 0.15) is 0 Å². The topological polar surface area (TPSA) is 58.6 Å². The Balaban J connectivity index is 3.09. The van der Waals surface area contributed by atoms with Crippen LogP contribution >= 0.6 is 11.6 Å². The number of carbonyl (C=O) groups is 1. The molecule has 0 spiro atoms. The standard InChI is InChI=1S/C5H10ClNO3/c6-1-2-7-5(9)10-4-3-8/h8H,1-4H2,(H,7,9). The predicted molar refractivity (Wildman–Crippen MR) is 37.2 cm³/mol. The number of hydrogen-bond acceptors (Lipinski definition) is 3. The third-order valence-electron chi connectivity index (χ3n) is 0.688. The highest BCUT2D eigenvalue weighted by Gasteiger charge is 1.97. The zero-order chi connectivity index (χ0) is 7.82. The number of halogens is 1. The van der Waals surface area contributed by atoms with E-state index in [0.29, 0.717) is 12.4 Å². The van der Waals surface area contributed by atoms with E-state index in [0.717, 1.165) is 0 Å². The Morgan fingerprint density at radius 1 is 1.70 bits per heavy atom. The summed E-state index contributed by atoms with van der Waals surface area (Å²) in [5.74, 6) is 0.355. The van der Waals surface area contributed by atoms with Gasteiger partial charge in [0.05, 0.1) is 6.61 Å². The zero-order valence-corrected chi connectivity index (χ0v) is 6.23. The van der Waals surface area contributed by atoms with Gasteiger partial charge in [-0.15, -0.1) is 11.6 Å². The van der Waals surface area contributed by atoms with Crippen molar-refractivity contribution in [3.63, 3.8) is 0 Å². The highest BCUT2D eigenvalue weighted by Crippen LogP contribution is 1.76. The van der Waals surface area contributed by atoms with Gasteiger partial charge in [0.2, 0.25) is 0 Å². The minimum atomic E-state index is -0.547. The molecule has 0 aromatic carbocycles. The van der Waals surface area contributed by atoms with E-state index >= 15 is 0 Å². The van der Waals surface area contributed by atoms with Gasteiger partial charge in [0.25, 0.3) is 0 Å². The molecule has 0 aromatic rings. The first-order valence-electron chi connectivity index (χ1n) is 2.88. The molecule has 0 aliphatic carbocycles. The fourth-order valence-electron chi connectivity index (χ4n) is 0.339. The Labute approximate surface area is 64.1 Å². The molecule has 0 aliphatic heterocycles. The quantitative estimate of drug-likeness (QED) is 0.577. The van der Waals surface area contributed by atoms with Gasteiger partial charge in [-0.25, -0.2) is 4.79 Å². The van der Waals surface area contributed by atoms with Crippen LogP contribution in [0.25, 0.3) is 0 Å². The van der Waals surface area contributed by atoms with E-state index in [1.165, 1.54) is 0 Å². The number of aliphatic hydroxyl groups is 1. The number of rotatable bonds is 4. The van der Waals surface area contributed by atoms with E-state index in [9.17, 15) is 4.79 Å². The molecule has 4 nitrogen and oxygen atoms in total. The summed E-state index contributed by atoms with van der Waals surface area (Å²) >= 11 is 5.26. The molecule has 0 aromatic heterocycles. The maximum absolute atomic E-state index is 10.5. The number of amides is 1. The summed E-state index contributed by atoms with van der Waals surface area (Å²) in [6.07, 6.45) is -0.547. The summed E-state index contributed by atoms with van der Waals surface area (Å²) in [4.78, 5) is 10.5. The molecule has 0 radical (unpaired) electrons. The maximum atomic E-state index is 10.5. The van der Waals surface area contributed by atoms with Crippen LogP contribution in [0, 0.1) is 0 Å². The molecule has 0 saturated carbocycles. The second-order valence-corrected chi connectivity index (χ2v) is 1.85. The highest BCUT2D eigenvalue weighted by molar-refractivity contribution is 6.18. The zero-order valence-electron chi connectivity index (χ0n) is 5.47. The third-order valence-corrected chi connectivity index (χ3v) is 0.877. The fraction of sp³-hybridized carbons (Fsp3) is 0.800. The van der Waals surface area contributed by atoms with Crippen LogP contribution in [0.15, 0.2) is 0 Å². The molecular weight excluding hydrogens is 158 g/mol. The minimum Gasteiger partial charge on any atom is -0.447 e. The summed E-state index contributed by atoms with van der Waals surface area (Å²) in [6.45, 7) is 0.244. The van der Waals surface area contributed by atoms with Crippen LogP contribution in [0.4, 0.5) is 4.79 Å². The van der Waals surface area contributed by atoms with E-state index in [1.54, 1.807) is 0 Å². The molecule has 2 N–H and O–H groups in total. The maximum Gasteiger partial charge on any atom is 0.407 e. The minimum absolute atomic E-state index is 0.0219. The predicted octanol–water partition coefficient (Wildman–Crippen LogP) is -0.0563. The Morgan fingerprint density at radius 3 is 2.90 bits per heavy atom. The Kier molecular flexibility index (Phi) is 6.32. The van der Waals surface area contributed by atoms with Gasteiger partial charge < -0.3 is 15.2 Å². The Bertz CT molecular complexity index is 88.9. The molecule has 0 rings (SSSR count). The van der Waals surface area contributed by atoms with Gasteiger partial charge in [0.1, 0.15) is 6.61 Å². The summed E-state index contributed by atoms with van der Waals surface area (Å²) < 4.78 is 4.43. The Morgan fingerprint density at radius 2 is 2.40 bits per heavy atom. The number of aliphatic hydroxyl groups excluding tert-OH is 1. The first kappa shape index (κ1) is 9.52. The average molecular weight is 168 g/mol. The lowest BCUT2D eigenvalue weighted by Gasteiger charge is -2.02. The van der Waals surface area contributed by atoms with E-state index in [1.807, 2.05) is 0 Å². The summed E-state index contributed by atoms with van der Waals surface area (Å²) in [5, 5.41) is 10.6. The van der Waals surface area contributed by atoms with Gasteiger partial charge in [-0.1, -0.05) is 0 Å². The Hall–Kier alpha value is -0.480. The summed E-state index contributed by atoms with van der Waals surface area (Å²) in [6, 6.07) is 0. The molecule has 60 valence electrons. The van der Waals surface area contributed by atoms with Crippen molar-refractivity contribution in [3.8, 4) is 0 Å². The van der Waals surface area contributed by atoms with Crippen LogP contribution in [-0.2, 0) is 4.74 Å². The van der Waals surface area contributed by atoms with Crippen molar-refractivity contribution in [2.24, 2.45) is 0 Å². The van der Waals surface area contributed by atoms with Gasteiger partial charge in [-0.05, 0) is 0 Å². The lowest BCUT2D eigenvalue weighted by Crippen LogP contribution is -2.26. The van der Waals surface area contributed by atoms with Crippen molar-refractivity contribution in [2.75, 3.05) is 25.6 Å². The van der Waals surface area contributed by atoms with Crippen molar-refractivity contribution >= 4 is 17.7 Å². The van der Waals surface area contributed by atoms with Crippen LogP contribution < -0.4 is 5.32 Å². The molecule has 0 saturated heterocycles. The number of ether oxygens (including phenoxy) is 1. The molecule has 0 atom stereocenters. The molecule has 5 heteroatoms. The normalized spacial score (nSPS) is 9.00. The highest BCUT2D eigenvalue weighted by atomic mass is 35.5.